The summed E-state index contributed by atoms with van der Waals surface area (Å²) < 4.78 is 3.11. The van der Waals surface area contributed by atoms with Crippen LogP contribution in [0.4, 0.5) is 10.5 Å². The predicted molar refractivity (Wildman–Crippen MR) is 115 cm³/mol. The van der Waals surface area contributed by atoms with Crippen LogP contribution in [0.1, 0.15) is 38.3 Å². The number of nitrogens with zero attached hydrogens (tertiary/aromatic N) is 3. The van der Waals surface area contributed by atoms with Gasteiger partial charge in [-0.3, -0.25) is 24.0 Å². The zero-order valence-electron chi connectivity index (χ0n) is 18.0. The van der Waals surface area contributed by atoms with Gasteiger partial charge in [0.25, 0.3) is 11.5 Å². The highest BCUT2D eigenvalue weighted by Gasteiger charge is 2.55. The van der Waals surface area contributed by atoms with Gasteiger partial charge >= 0.3 is 6.03 Å². The molecule has 2 N–H and O–H groups in total. The van der Waals surface area contributed by atoms with Gasteiger partial charge in [-0.1, -0.05) is 38.0 Å². The number of anilines is 1. The Morgan fingerprint density at radius 1 is 1.19 bits per heavy atom. The number of nitrogens with one attached hydrogen (secondary N) is 2. The van der Waals surface area contributed by atoms with E-state index in [1.807, 2.05) is 25.1 Å². The van der Waals surface area contributed by atoms with E-state index in [0.717, 1.165) is 24.2 Å². The van der Waals surface area contributed by atoms with Gasteiger partial charge in [0.2, 0.25) is 5.91 Å². The molecule has 0 radical (unpaired) electrons. The Hall–Kier alpha value is -3.36. The third kappa shape index (κ3) is 3.34. The largest absolute Gasteiger partial charge is 0.325 e. The van der Waals surface area contributed by atoms with E-state index in [2.05, 4.69) is 10.6 Å². The Bertz CT molecular complexity index is 1100. The van der Waals surface area contributed by atoms with Crippen molar-refractivity contribution in [1.29, 1.82) is 0 Å². The first-order valence-corrected chi connectivity index (χ1v) is 10.5. The molecule has 2 aliphatic rings. The number of rotatable bonds is 4. The summed E-state index contributed by atoms with van der Waals surface area (Å²) in [6.45, 7) is 3.25. The number of hydrogen-bond donors (Lipinski definition) is 2. The molecule has 0 unspecified atom stereocenters. The van der Waals surface area contributed by atoms with Gasteiger partial charge in [-0.2, -0.15) is 0 Å². The van der Waals surface area contributed by atoms with Crippen LogP contribution in [0.15, 0.2) is 35.1 Å². The van der Waals surface area contributed by atoms with Crippen LogP contribution in [0.5, 0.6) is 0 Å². The summed E-state index contributed by atoms with van der Waals surface area (Å²) in [5, 5.41) is 5.45. The van der Waals surface area contributed by atoms with Gasteiger partial charge in [-0.25, -0.2) is 9.48 Å². The second-order valence-corrected chi connectivity index (χ2v) is 8.42. The van der Waals surface area contributed by atoms with Crippen molar-refractivity contribution in [3.8, 4) is 5.69 Å². The van der Waals surface area contributed by atoms with Crippen molar-refractivity contribution < 1.29 is 14.4 Å². The van der Waals surface area contributed by atoms with E-state index < -0.39 is 24.0 Å². The highest BCUT2D eigenvalue weighted by Crippen LogP contribution is 2.38. The zero-order chi connectivity index (χ0) is 22.3. The third-order valence-corrected chi connectivity index (χ3v) is 6.62. The second kappa shape index (κ2) is 7.72. The number of benzene rings is 1. The topological polar surface area (TPSA) is 105 Å². The lowest BCUT2D eigenvalue weighted by atomic mass is 9.73. The fraction of sp³-hybridized carbons (Fsp3) is 0.455. The van der Waals surface area contributed by atoms with E-state index in [1.54, 1.807) is 30.8 Å². The molecule has 1 aromatic heterocycles. The van der Waals surface area contributed by atoms with Gasteiger partial charge in [0.15, 0.2) is 0 Å². The van der Waals surface area contributed by atoms with Crippen molar-refractivity contribution in [2.24, 2.45) is 13.0 Å². The average Bonchev–Trinajstić information content (AvgIpc) is 3.11. The summed E-state index contributed by atoms with van der Waals surface area (Å²) in [4.78, 5) is 52.2. The van der Waals surface area contributed by atoms with Crippen LogP contribution in [0.2, 0.25) is 0 Å². The highest BCUT2D eigenvalue weighted by molar-refractivity contribution is 6.10. The minimum absolute atomic E-state index is 0.0141. The Labute approximate surface area is 180 Å². The summed E-state index contributed by atoms with van der Waals surface area (Å²) in [7, 11) is 1.73. The molecular weight excluding hydrogens is 398 g/mol. The van der Waals surface area contributed by atoms with Gasteiger partial charge in [-0.15, -0.1) is 0 Å². The molecule has 31 heavy (non-hydrogen) atoms. The van der Waals surface area contributed by atoms with E-state index in [-0.39, 0.29) is 23.1 Å². The van der Waals surface area contributed by atoms with Crippen molar-refractivity contribution >= 4 is 23.5 Å². The van der Waals surface area contributed by atoms with Crippen LogP contribution >= 0.6 is 0 Å². The Morgan fingerprint density at radius 2 is 1.90 bits per heavy atom. The van der Waals surface area contributed by atoms with Gasteiger partial charge in [0.1, 0.15) is 17.8 Å². The lowest BCUT2D eigenvalue weighted by Gasteiger charge is -2.36. The molecule has 1 saturated carbocycles. The fourth-order valence-electron chi connectivity index (χ4n) is 4.67. The molecule has 1 aliphatic heterocycles. The molecule has 1 spiro atoms. The van der Waals surface area contributed by atoms with Crippen LogP contribution in [0.3, 0.4) is 0 Å². The first-order valence-electron chi connectivity index (χ1n) is 10.5. The SMILES string of the molecule is Cc1c(NC(=O)CN2C(=O)N[C@@]3(CCCC[C@H]3C)C2=O)c(=O)n(-c2ccccc2)n1C. The molecule has 9 nitrogen and oxygen atoms in total. The molecule has 1 saturated heterocycles. The predicted octanol–water partition coefficient (Wildman–Crippen LogP) is 1.92. The van der Waals surface area contributed by atoms with E-state index in [4.69, 9.17) is 0 Å². The van der Waals surface area contributed by atoms with E-state index >= 15 is 0 Å². The number of carbonyl (C=O) groups excluding carboxylic acids is 3. The minimum Gasteiger partial charge on any atom is -0.323 e. The molecule has 2 heterocycles. The molecule has 9 heteroatoms. The van der Waals surface area contributed by atoms with Crippen LogP contribution in [0.25, 0.3) is 5.69 Å². The number of urea groups is 1. The summed E-state index contributed by atoms with van der Waals surface area (Å²) in [5.74, 6) is -0.929. The van der Waals surface area contributed by atoms with Crippen molar-refractivity contribution in [1.82, 2.24) is 19.6 Å². The van der Waals surface area contributed by atoms with Crippen molar-refractivity contribution in [3.63, 3.8) is 0 Å². The number of hydrogen-bond acceptors (Lipinski definition) is 4. The smallest absolute Gasteiger partial charge is 0.323 e. The molecule has 4 rings (SSSR count). The molecule has 2 aromatic rings. The lowest BCUT2D eigenvalue weighted by Crippen LogP contribution is -2.54. The summed E-state index contributed by atoms with van der Waals surface area (Å²) >= 11 is 0. The number of aromatic nitrogens is 2. The average molecular weight is 425 g/mol. The van der Waals surface area contributed by atoms with Crippen LogP contribution in [-0.2, 0) is 16.6 Å². The lowest BCUT2D eigenvalue weighted by molar-refractivity contribution is -0.136. The Morgan fingerprint density at radius 3 is 2.58 bits per heavy atom. The second-order valence-electron chi connectivity index (χ2n) is 8.42. The molecule has 4 amide bonds. The zero-order valence-corrected chi connectivity index (χ0v) is 18.0. The summed E-state index contributed by atoms with van der Waals surface area (Å²) in [6, 6.07) is 8.53. The van der Waals surface area contributed by atoms with E-state index in [9.17, 15) is 19.2 Å². The highest BCUT2D eigenvalue weighted by atomic mass is 16.2. The Balaban J connectivity index is 1.54. The Kier molecular flexibility index (Phi) is 5.20. The molecule has 164 valence electrons. The number of carbonyl (C=O) groups is 3. The molecule has 0 bridgehead atoms. The molecular formula is C22H27N5O4. The maximum Gasteiger partial charge on any atom is 0.325 e. The van der Waals surface area contributed by atoms with Crippen LogP contribution < -0.4 is 16.2 Å². The molecule has 1 aliphatic carbocycles. The number of para-hydroxylation sites is 1. The number of amides is 4. The van der Waals surface area contributed by atoms with Crippen molar-refractivity contribution in [3.05, 3.63) is 46.4 Å². The van der Waals surface area contributed by atoms with Gasteiger partial charge in [0, 0.05) is 7.05 Å². The van der Waals surface area contributed by atoms with Crippen molar-refractivity contribution in [2.45, 2.75) is 45.1 Å². The quantitative estimate of drug-likeness (QED) is 0.730. The van der Waals surface area contributed by atoms with Crippen LogP contribution in [-0.4, -0.2) is 44.2 Å². The summed E-state index contributed by atoms with van der Waals surface area (Å²) in [6.07, 6.45) is 3.32. The molecule has 2 atom stereocenters. The van der Waals surface area contributed by atoms with Gasteiger partial charge in [-0.05, 0) is 37.8 Å². The number of imide groups is 1. The van der Waals surface area contributed by atoms with E-state index in [0.29, 0.717) is 17.8 Å². The monoisotopic (exact) mass is 425 g/mol. The van der Waals surface area contributed by atoms with E-state index in [1.165, 1.54) is 4.68 Å². The first-order chi connectivity index (χ1) is 14.8. The minimum atomic E-state index is -0.918. The van der Waals surface area contributed by atoms with Crippen LogP contribution in [0, 0.1) is 12.8 Å². The standard InChI is InChI=1S/C22H27N5O4/c1-14-9-7-8-12-22(14)20(30)26(21(31)24-22)13-17(28)23-18-15(2)25(3)27(19(18)29)16-10-5-4-6-11-16/h4-6,10-11,14H,7-9,12-13H2,1-3H3,(H,23,28)(H,24,31)/t14-,22-/m1/s1. The maximum atomic E-state index is 13.1. The maximum absolute atomic E-state index is 13.1. The molecule has 2 fully saturated rings. The summed E-state index contributed by atoms with van der Waals surface area (Å²) in [5.41, 5.74) is 0.0640. The third-order valence-electron chi connectivity index (χ3n) is 6.62. The van der Waals surface area contributed by atoms with Gasteiger partial charge in [0.05, 0.1) is 11.4 Å². The molecule has 1 aromatic carbocycles. The van der Waals surface area contributed by atoms with Crippen molar-refractivity contribution in [2.75, 3.05) is 11.9 Å². The van der Waals surface area contributed by atoms with Gasteiger partial charge < -0.3 is 10.6 Å². The normalized spacial score (nSPS) is 23.3. The fourth-order valence-corrected chi connectivity index (χ4v) is 4.67. The first kappa shape index (κ1) is 20.9.